The molecule has 0 saturated heterocycles. The fraction of sp³-hybridized carbons (Fsp3) is 0.364. The van der Waals surface area contributed by atoms with Crippen molar-refractivity contribution in [2.24, 2.45) is 7.05 Å². The first-order chi connectivity index (χ1) is 14.8. The lowest BCUT2D eigenvalue weighted by atomic mass is 10.1. The van der Waals surface area contributed by atoms with Crippen molar-refractivity contribution in [1.29, 1.82) is 0 Å². The second-order valence-electron chi connectivity index (χ2n) is 7.56. The number of hydrogen-bond donors (Lipinski definition) is 2. The molecule has 1 aromatic carbocycles. The molecule has 8 nitrogen and oxygen atoms in total. The Bertz CT molecular complexity index is 1120. The van der Waals surface area contributed by atoms with Crippen molar-refractivity contribution in [2.75, 3.05) is 20.6 Å². The normalized spacial score (nSPS) is 11.6. The molecule has 0 saturated carbocycles. The zero-order valence-electron chi connectivity index (χ0n) is 18.1. The summed E-state index contributed by atoms with van der Waals surface area (Å²) in [4.78, 5) is 14.4. The van der Waals surface area contributed by atoms with Crippen LogP contribution in [0.4, 0.5) is 0 Å². The summed E-state index contributed by atoms with van der Waals surface area (Å²) < 4.78 is 27.7. The fourth-order valence-corrected chi connectivity index (χ4v) is 4.20. The maximum absolute atomic E-state index is 12.7. The van der Waals surface area contributed by atoms with Gasteiger partial charge in [0.15, 0.2) is 0 Å². The second kappa shape index (κ2) is 9.93. The van der Waals surface area contributed by atoms with E-state index in [9.17, 15) is 13.2 Å². The summed E-state index contributed by atoms with van der Waals surface area (Å²) in [6.45, 7) is 0.608. The second-order valence-corrected chi connectivity index (χ2v) is 9.45. The number of aromatic nitrogens is 3. The number of nitrogens with one attached hydrogen (secondary N) is 2. The quantitative estimate of drug-likeness (QED) is 0.471. The molecule has 0 aliphatic heterocycles. The van der Waals surface area contributed by atoms with Gasteiger partial charge in [0.1, 0.15) is 10.6 Å². The van der Waals surface area contributed by atoms with Gasteiger partial charge in [0.25, 0.3) is 5.91 Å². The maximum Gasteiger partial charge on any atom is 0.270 e. The Balaban J connectivity index is 1.45. The molecular weight excluding hydrogens is 414 g/mol. The molecule has 166 valence electrons. The molecule has 0 bridgehead atoms. The maximum atomic E-state index is 12.7. The summed E-state index contributed by atoms with van der Waals surface area (Å²) in [5.74, 6) is -0.193. The Kier molecular flexibility index (Phi) is 7.29. The van der Waals surface area contributed by atoms with Gasteiger partial charge in [-0.25, -0.2) is 13.1 Å². The Hall–Kier alpha value is -2.91. The van der Waals surface area contributed by atoms with Crippen LogP contribution in [0.15, 0.2) is 53.6 Å². The lowest BCUT2D eigenvalue weighted by Gasteiger charge is -2.17. The molecule has 0 atom stereocenters. The average Bonchev–Trinajstić information content (AvgIpc) is 3.40. The third kappa shape index (κ3) is 5.62. The molecular formula is C22H29N5O3S. The lowest BCUT2D eigenvalue weighted by molar-refractivity contribution is 0.0783. The smallest absolute Gasteiger partial charge is 0.270 e. The summed E-state index contributed by atoms with van der Waals surface area (Å²) in [6.07, 6.45) is 5.19. The lowest BCUT2D eigenvalue weighted by Crippen LogP contribution is -2.29. The van der Waals surface area contributed by atoms with Gasteiger partial charge in [-0.3, -0.25) is 9.89 Å². The Morgan fingerprint density at radius 1 is 1.16 bits per heavy atom. The van der Waals surface area contributed by atoms with E-state index in [2.05, 4.69) is 21.0 Å². The van der Waals surface area contributed by atoms with E-state index < -0.39 is 10.0 Å². The number of carbonyl (C=O) groups is 1. The van der Waals surface area contributed by atoms with Gasteiger partial charge in [-0.2, -0.15) is 5.10 Å². The molecule has 0 unspecified atom stereocenters. The van der Waals surface area contributed by atoms with Crippen molar-refractivity contribution in [3.05, 3.63) is 60.0 Å². The van der Waals surface area contributed by atoms with Gasteiger partial charge in [-0.05, 0) is 38.4 Å². The summed E-state index contributed by atoms with van der Waals surface area (Å²) >= 11 is 0. The molecule has 2 heterocycles. The number of aryl methyl sites for hydroxylation is 2. The first-order valence-corrected chi connectivity index (χ1v) is 11.7. The molecule has 0 radical (unpaired) electrons. The highest BCUT2D eigenvalue weighted by Gasteiger charge is 2.21. The van der Waals surface area contributed by atoms with Gasteiger partial charge < -0.3 is 9.47 Å². The standard InChI is InChI=1S/C22H29N5O3S/c1-23-31(29,30)19-15-21(27(3)16-19)22(28)26(2)13-9-5-8-12-18-14-20(25-24-18)17-10-6-4-7-11-17/h4,6-7,10-11,14-16,23H,5,8-9,12-13H2,1-3H3,(H,24,25). The van der Waals surface area contributed by atoms with E-state index in [0.29, 0.717) is 12.2 Å². The van der Waals surface area contributed by atoms with E-state index in [1.807, 2.05) is 30.3 Å². The summed E-state index contributed by atoms with van der Waals surface area (Å²) in [6, 6.07) is 13.5. The highest BCUT2D eigenvalue weighted by atomic mass is 32.2. The Labute approximate surface area is 183 Å². The highest BCUT2D eigenvalue weighted by molar-refractivity contribution is 7.89. The van der Waals surface area contributed by atoms with Crippen LogP contribution in [0.3, 0.4) is 0 Å². The SMILES string of the molecule is CNS(=O)(=O)c1cc(C(=O)N(C)CCCCCc2cc(-c3ccccc3)n[nH]2)n(C)c1. The van der Waals surface area contributed by atoms with E-state index in [4.69, 9.17) is 0 Å². The van der Waals surface area contributed by atoms with Crippen LogP contribution in [0.2, 0.25) is 0 Å². The number of nitrogens with zero attached hydrogens (tertiary/aromatic N) is 3. The fourth-order valence-electron chi connectivity index (χ4n) is 3.40. The van der Waals surface area contributed by atoms with Crippen LogP contribution < -0.4 is 4.72 Å². The van der Waals surface area contributed by atoms with Gasteiger partial charge in [0.2, 0.25) is 10.0 Å². The molecule has 3 rings (SSSR count). The first-order valence-electron chi connectivity index (χ1n) is 10.3. The largest absolute Gasteiger partial charge is 0.345 e. The van der Waals surface area contributed by atoms with Gasteiger partial charge in [0, 0.05) is 38.1 Å². The van der Waals surface area contributed by atoms with Crippen LogP contribution in [-0.2, 0) is 23.5 Å². The van der Waals surface area contributed by atoms with E-state index >= 15 is 0 Å². The number of hydrogen-bond acceptors (Lipinski definition) is 4. The monoisotopic (exact) mass is 443 g/mol. The van der Waals surface area contributed by atoms with Crippen LogP contribution >= 0.6 is 0 Å². The molecule has 2 N–H and O–H groups in total. The minimum atomic E-state index is -3.58. The van der Waals surface area contributed by atoms with E-state index in [-0.39, 0.29) is 10.8 Å². The molecule has 2 aromatic heterocycles. The van der Waals surface area contributed by atoms with Crippen LogP contribution in [0.1, 0.15) is 35.4 Å². The van der Waals surface area contributed by atoms with Crippen molar-refractivity contribution in [2.45, 2.75) is 30.6 Å². The van der Waals surface area contributed by atoms with Crippen LogP contribution in [0, 0.1) is 0 Å². The van der Waals surface area contributed by atoms with Crippen molar-refractivity contribution in [1.82, 2.24) is 24.4 Å². The zero-order valence-corrected chi connectivity index (χ0v) is 18.9. The van der Waals surface area contributed by atoms with Crippen LogP contribution in [0.25, 0.3) is 11.3 Å². The number of rotatable bonds is 10. The van der Waals surface area contributed by atoms with Gasteiger partial charge in [0.05, 0.1) is 5.69 Å². The average molecular weight is 444 g/mol. The highest BCUT2D eigenvalue weighted by Crippen LogP contribution is 2.18. The predicted molar refractivity (Wildman–Crippen MR) is 120 cm³/mol. The van der Waals surface area contributed by atoms with Gasteiger partial charge >= 0.3 is 0 Å². The number of H-pyrrole nitrogens is 1. The molecule has 3 aromatic rings. The van der Waals surface area contributed by atoms with Crippen molar-refractivity contribution >= 4 is 15.9 Å². The minimum Gasteiger partial charge on any atom is -0.345 e. The molecule has 0 fully saturated rings. The topological polar surface area (TPSA) is 100 Å². The van der Waals surface area contributed by atoms with Crippen molar-refractivity contribution in [3.8, 4) is 11.3 Å². The van der Waals surface area contributed by atoms with E-state index in [1.54, 1.807) is 23.6 Å². The molecule has 0 aliphatic carbocycles. The van der Waals surface area contributed by atoms with E-state index in [1.165, 1.54) is 19.3 Å². The molecule has 1 amide bonds. The number of amides is 1. The number of benzene rings is 1. The number of carbonyl (C=O) groups excluding carboxylic acids is 1. The third-order valence-corrected chi connectivity index (χ3v) is 6.65. The first kappa shape index (κ1) is 22.8. The zero-order chi connectivity index (χ0) is 22.4. The van der Waals surface area contributed by atoms with Gasteiger partial charge in [-0.1, -0.05) is 36.8 Å². The number of aromatic amines is 1. The summed E-state index contributed by atoms with van der Waals surface area (Å²) in [5.41, 5.74) is 3.49. The Morgan fingerprint density at radius 2 is 1.90 bits per heavy atom. The van der Waals surface area contributed by atoms with Crippen molar-refractivity contribution in [3.63, 3.8) is 0 Å². The molecule has 0 aliphatic rings. The molecule has 0 spiro atoms. The minimum absolute atomic E-state index is 0.0867. The molecule has 9 heteroatoms. The third-order valence-electron chi connectivity index (χ3n) is 5.26. The predicted octanol–water partition coefficient (Wildman–Crippen LogP) is 2.81. The number of unbranched alkanes of at least 4 members (excludes halogenated alkanes) is 2. The van der Waals surface area contributed by atoms with Crippen LogP contribution in [0.5, 0.6) is 0 Å². The summed E-state index contributed by atoms with van der Waals surface area (Å²) in [7, 11) is 1.18. The van der Waals surface area contributed by atoms with Crippen molar-refractivity contribution < 1.29 is 13.2 Å². The molecule has 31 heavy (non-hydrogen) atoms. The van der Waals surface area contributed by atoms with Gasteiger partial charge in [-0.15, -0.1) is 0 Å². The summed E-state index contributed by atoms with van der Waals surface area (Å²) in [5, 5.41) is 7.47. The van der Waals surface area contributed by atoms with Crippen LogP contribution in [-0.4, -0.2) is 54.6 Å². The number of sulfonamides is 1. The Morgan fingerprint density at radius 3 is 2.61 bits per heavy atom. The van der Waals surface area contributed by atoms with E-state index in [0.717, 1.165) is 42.6 Å².